The third-order valence-corrected chi connectivity index (χ3v) is 4.21. The molecule has 1 aromatic carbocycles. The van der Waals surface area contributed by atoms with Gasteiger partial charge >= 0.3 is 0 Å². The fraction of sp³-hybridized carbons (Fsp3) is 0.588. The molecule has 1 heterocycles. The van der Waals surface area contributed by atoms with Crippen molar-refractivity contribution < 1.29 is 13.6 Å². The normalized spacial score (nSPS) is 15.9. The minimum Gasteiger partial charge on any atom is -0.342 e. The van der Waals surface area contributed by atoms with Crippen LogP contribution in [0.1, 0.15) is 38.2 Å². The second kappa shape index (κ2) is 8.22. The lowest BCUT2D eigenvalue weighted by Gasteiger charge is -2.26. The van der Waals surface area contributed by atoms with Crippen LogP contribution in [0.3, 0.4) is 0 Å². The van der Waals surface area contributed by atoms with Crippen LogP contribution in [-0.2, 0) is 11.3 Å². The molecule has 3 nitrogen and oxygen atoms in total. The Morgan fingerprint density at radius 3 is 2.27 bits per heavy atom. The number of hydrogen-bond donors (Lipinski definition) is 0. The van der Waals surface area contributed by atoms with E-state index in [1.54, 1.807) is 4.90 Å². The highest BCUT2D eigenvalue weighted by atomic mass is 19.1. The highest BCUT2D eigenvalue weighted by Crippen LogP contribution is 2.15. The molecule has 0 aromatic heterocycles. The van der Waals surface area contributed by atoms with Gasteiger partial charge in [-0.05, 0) is 31.5 Å². The standard InChI is InChI=1S/C17H24F2N2O/c1-2-20(12-14-15(18)8-7-9-16(14)19)13-17(22)21-10-5-3-4-6-11-21/h7-9H,2-6,10-13H2,1H3. The maximum Gasteiger partial charge on any atom is 0.236 e. The van der Waals surface area contributed by atoms with E-state index < -0.39 is 11.6 Å². The van der Waals surface area contributed by atoms with Gasteiger partial charge < -0.3 is 4.90 Å². The number of nitrogens with zero attached hydrogens (tertiary/aromatic N) is 2. The van der Waals surface area contributed by atoms with E-state index in [2.05, 4.69) is 0 Å². The number of rotatable bonds is 5. The summed E-state index contributed by atoms with van der Waals surface area (Å²) in [5.41, 5.74) is 0.0352. The Kier molecular flexibility index (Phi) is 6.31. The molecule has 0 spiro atoms. The van der Waals surface area contributed by atoms with Crippen LogP contribution in [-0.4, -0.2) is 41.9 Å². The first kappa shape index (κ1) is 16.9. The van der Waals surface area contributed by atoms with Crippen LogP contribution in [0.15, 0.2) is 18.2 Å². The van der Waals surface area contributed by atoms with E-state index in [4.69, 9.17) is 0 Å². The van der Waals surface area contributed by atoms with E-state index >= 15 is 0 Å². The predicted octanol–water partition coefficient (Wildman–Crippen LogP) is 3.19. The molecule has 1 aromatic rings. The fourth-order valence-electron chi connectivity index (χ4n) is 2.80. The Hall–Kier alpha value is -1.49. The molecule has 0 aliphatic carbocycles. The summed E-state index contributed by atoms with van der Waals surface area (Å²) in [4.78, 5) is 16.0. The fourth-order valence-corrected chi connectivity index (χ4v) is 2.80. The van der Waals surface area contributed by atoms with Crippen molar-refractivity contribution in [3.8, 4) is 0 Å². The van der Waals surface area contributed by atoms with E-state index in [0.29, 0.717) is 6.54 Å². The summed E-state index contributed by atoms with van der Waals surface area (Å²) in [6.07, 6.45) is 4.42. The van der Waals surface area contributed by atoms with Crippen LogP contribution in [0.25, 0.3) is 0 Å². The van der Waals surface area contributed by atoms with E-state index in [1.807, 2.05) is 11.8 Å². The summed E-state index contributed by atoms with van der Waals surface area (Å²) in [6, 6.07) is 3.86. The van der Waals surface area contributed by atoms with Gasteiger partial charge in [0.05, 0.1) is 6.54 Å². The zero-order chi connectivity index (χ0) is 15.9. The summed E-state index contributed by atoms with van der Waals surface area (Å²) in [5, 5.41) is 0. The number of carbonyl (C=O) groups is 1. The second-order valence-electron chi connectivity index (χ2n) is 5.80. The topological polar surface area (TPSA) is 23.6 Å². The van der Waals surface area contributed by atoms with Crippen molar-refractivity contribution in [2.45, 2.75) is 39.2 Å². The van der Waals surface area contributed by atoms with Gasteiger partial charge in [-0.15, -0.1) is 0 Å². The minimum absolute atomic E-state index is 0.0352. The molecule has 0 saturated carbocycles. The van der Waals surface area contributed by atoms with Gasteiger partial charge in [-0.3, -0.25) is 9.69 Å². The molecule has 0 bridgehead atoms. The monoisotopic (exact) mass is 310 g/mol. The van der Waals surface area contributed by atoms with Crippen LogP contribution < -0.4 is 0 Å². The van der Waals surface area contributed by atoms with Gasteiger partial charge in [-0.2, -0.15) is 0 Å². The first-order valence-corrected chi connectivity index (χ1v) is 8.05. The molecule has 0 N–H and O–H groups in total. The number of amides is 1. The number of hydrogen-bond acceptors (Lipinski definition) is 2. The van der Waals surface area contributed by atoms with Gasteiger partial charge in [0.25, 0.3) is 0 Å². The average molecular weight is 310 g/mol. The quantitative estimate of drug-likeness (QED) is 0.834. The smallest absolute Gasteiger partial charge is 0.236 e. The molecule has 1 amide bonds. The lowest BCUT2D eigenvalue weighted by Crippen LogP contribution is -2.40. The Morgan fingerprint density at radius 1 is 1.14 bits per heavy atom. The van der Waals surface area contributed by atoms with Gasteiger partial charge in [0.2, 0.25) is 5.91 Å². The van der Waals surface area contributed by atoms with Gasteiger partial charge in [0.1, 0.15) is 11.6 Å². The van der Waals surface area contributed by atoms with Gasteiger partial charge in [0.15, 0.2) is 0 Å². The molecular weight excluding hydrogens is 286 g/mol. The molecule has 0 unspecified atom stereocenters. The van der Waals surface area contributed by atoms with Crippen molar-refractivity contribution in [1.29, 1.82) is 0 Å². The van der Waals surface area contributed by atoms with Crippen molar-refractivity contribution in [3.63, 3.8) is 0 Å². The van der Waals surface area contributed by atoms with Crippen LogP contribution in [0, 0.1) is 11.6 Å². The number of likely N-dealkylation sites (N-methyl/N-ethyl adjacent to an activating group) is 1. The molecule has 5 heteroatoms. The van der Waals surface area contributed by atoms with E-state index in [1.165, 1.54) is 31.0 Å². The van der Waals surface area contributed by atoms with Crippen molar-refractivity contribution in [3.05, 3.63) is 35.4 Å². The number of carbonyl (C=O) groups excluding carboxylic acids is 1. The van der Waals surface area contributed by atoms with E-state index in [0.717, 1.165) is 25.9 Å². The first-order valence-electron chi connectivity index (χ1n) is 8.05. The number of likely N-dealkylation sites (tertiary alicyclic amines) is 1. The maximum absolute atomic E-state index is 13.7. The molecule has 122 valence electrons. The van der Waals surface area contributed by atoms with Crippen molar-refractivity contribution in [2.75, 3.05) is 26.2 Å². The summed E-state index contributed by atoms with van der Waals surface area (Å²) in [6.45, 7) is 4.40. The highest BCUT2D eigenvalue weighted by molar-refractivity contribution is 5.78. The largest absolute Gasteiger partial charge is 0.342 e. The molecular formula is C17H24F2N2O. The molecule has 2 rings (SSSR count). The van der Waals surface area contributed by atoms with Crippen LogP contribution in [0.2, 0.25) is 0 Å². The average Bonchev–Trinajstić information content (AvgIpc) is 2.79. The Bertz CT molecular complexity index is 479. The molecule has 22 heavy (non-hydrogen) atoms. The van der Waals surface area contributed by atoms with Gasteiger partial charge in [-0.1, -0.05) is 25.8 Å². The van der Waals surface area contributed by atoms with Crippen molar-refractivity contribution in [2.24, 2.45) is 0 Å². The maximum atomic E-state index is 13.7. The van der Waals surface area contributed by atoms with Crippen molar-refractivity contribution in [1.82, 2.24) is 9.80 Å². The number of halogens is 2. The Balaban J connectivity index is 1.98. The summed E-state index contributed by atoms with van der Waals surface area (Å²) >= 11 is 0. The molecule has 1 aliphatic rings. The third kappa shape index (κ3) is 4.50. The second-order valence-corrected chi connectivity index (χ2v) is 5.80. The Labute approximate surface area is 130 Å². The lowest BCUT2D eigenvalue weighted by molar-refractivity contribution is -0.132. The summed E-state index contributed by atoms with van der Waals surface area (Å²) in [7, 11) is 0. The molecule has 0 radical (unpaired) electrons. The number of benzene rings is 1. The summed E-state index contributed by atoms with van der Waals surface area (Å²) < 4.78 is 27.5. The first-order chi connectivity index (χ1) is 10.6. The third-order valence-electron chi connectivity index (χ3n) is 4.21. The molecule has 1 aliphatic heterocycles. The van der Waals surface area contributed by atoms with E-state index in [9.17, 15) is 13.6 Å². The van der Waals surface area contributed by atoms with Gasteiger partial charge in [0, 0.05) is 25.2 Å². The minimum atomic E-state index is -0.555. The highest BCUT2D eigenvalue weighted by Gasteiger charge is 2.19. The van der Waals surface area contributed by atoms with Crippen LogP contribution >= 0.6 is 0 Å². The molecule has 0 atom stereocenters. The SMILES string of the molecule is CCN(CC(=O)N1CCCCCC1)Cc1c(F)cccc1F. The zero-order valence-electron chi connectivity index (χ0n) is 13.2. The van der Waals surface area contributed by atoms with Crippen LogP contribution in [0.5, 0.6) is 0 Å². The molecule has 1 fully saturated rings. The predicted molar refractivity (Wildman–Crippen MR) is 82.4 cm³/mol. The van der Waals surface area contributed by atoms with E-state index in [-0.39, 0.29) is 24.6 Å². The van der Waals surface area contributed by atoms with Gasteiger partial charge in [-0.25, -0.2) is 8.78 Å². The van der Waals surface area contributed by atoms with Crippen molar-refractivity contribution >= 4 is 5.91 Å². The summed E-state index contributed by atoms with van der Waals surface area (Å²) in [5.74, 6) is -1.05. The lowest BCUT2D eigenvalue weighted by atomic mass is 10.2. The van der Waals surface area contributed by atoms with Crippen LogP contribution in [0.4, 0.5) is 8.78 Å². The zero-order valence-corrected chi connectivity index (χ0v) is 13.2. The Morgan fingerprint density at radius 2 is 1.73 bits per heavy atom. The molecule has 1 saturated heterocycles.